The molecule has 1 aromatic carbocycles. The highest BCUT2D eigenvalue weighted by Gasteiger charge is 2.06. The highest BCUT2D eigenvalue weighted by atomic mass is 16.5. The van der Waals surface area contributed by atoms with Gasteiger partial charge in [0, 0.05) is 23.4 Å². The molecule has 2 rings (SSSR count). The van der Waals surface area contributed by atoms with Crippen molar-refractivity contribution < 1.29 is 9.53 Å². The zero-order chi connectivity index (χ0) is 15.2. The van der Waals surface area contributed by atoms with E-state index in [0.29, 0.717) is 11.7 Å². The summed E-state index contributed by atoms with van der Waals surface area (Å²) in [5.41, 5.74) is 1.83. The summed E-state index contributed by atoms with van der Waals surface area (Å²) in [6, 6.07) is 9.34. The number of amides is 1. The van der Waals surface area contributed by atoms with Gasteiger partial charge in [-0.25, -0.2) is 0 Å². The average molecular weight is 285 g/mol. The Balaban J connectivity index is 2.02. The number of carbonyl (C=O) groups is 1. The Hall–Kier alpha value is -2.56. The van der Waals surface area contributed by atoms with Crippen LogP contribution in [0.2, 0.25) is 0 Å². The Morgan fingerprint density at radius 3 is 2.81 bits per heavy atom. The average Bonchev–Trinajstić information content (AvgIpc) is 2.94. The van der Waals surface area contributed by atoms with Crippen LogP contribution in [0.5, 0.6) is 5.75 Å². The number of nitrogens with one attached hydrogen (secondary N) is 2. The predicted octanol–water partition coefficient (Wildman–Crippen LogP) is 3.19. The number of H-pyrrole nitrogens is 1. The molecule has 1 amide bonds. The predicted molar refractivity (Wildman–Crippen MR) is 83.3 cm³/mol. The van der Waals surface area contributed by atoms with Crippen molar-refractivity contribution in [1.82, 2.24) is 10.2 Å². The van der Waals surface area contributed by atoms with E-state index in [1.54, 1.807) is 13.2 Å². The summed E-state index contributed by atoms with van der Waals surface area (Å²) in [6.45, 7) is 4.11. The van der Waals surface area contributed by atoms with Gasteiger partial charge >= 0.3 is 0 Å². The first-order valence-electron chi connectivity index (χ1n) is 6.77. The number of aromatic amines is 1. The fourth-order valence-corrected chi connectivity index (χ4v) is 1.83. The van der Waals surface area contributed by atoms with Crippen LogP contribution in [-0.2, 0) is 4.79 Å². The molecular weight excluding hydrogens is 266 g/mol. The molecule has 0 saturated carbocycles. The number of anilines is 1. The highest BCUT2D eigenvalue weighted by molar-refractivity contribution is 6.01. The van der Waals surface area contributed by atoms with Gasteiger partial charge in [0.05, 0.1) is 7.11 Å². The SMILES string of the molecule is COc1ccccc1/C=C/C(=O)Nc1cc(C(C)C)[nH]n1. The lowest BCUT2D eigenvalue weighted by Gasteiger charge is -2.03. The molecule has 5 nitrogen and oxygen atoms in total. The number of hydrogen-bond donors (Lipinski definition) is 2. The standard InChI is InChI=1S/C16H19N3O2/c1-11(2)13-10-15(19-18-13)17-16(20)9-8-12-6-4-5-7-14(12)21-3/h4-11H,1-3H3,(H2,17,18,19,20)/b9-8+. The molecule has 0 aliphatic carbocycles. The van der Waals surface area contributed by atoms with Crippen LogP contribution < -0.4 is 10.1 Å². The van der Waals surface area contributed by atoms with Crippen LogP contribution in [0.4, 0.5) is 5.82 Å². The minimum absolute atomic E-state index is 0.234. The molecule has 0 bridgehead atoms. The summed E-state index contributed by atoms with van der Waals surface area (Å²) in [4.78, 5) is 11.9. The van der Waals surface area contributed by atoms with Gasteiger partial charge in [0.2, 0.25) is 5.91 Å². The maximum absolute atomic E-state index is 11.9. The zero-order valence-electron chi connectivity index (χ0n) is 12.4. The number of carbonyl (C=O) groups excluding carboxylic acids is 1. The van der Waals surface area contributed by atoms with Crippen molar-refractivity contribution in [2.45, 2.75) is 19.8 Å². The van der Waals surface area contributed by atoms with Crippen molar-refractivity contribution >= 4 is 17.8 Å². The summed E-state index contributed by atoms with van der Waals surface area (Å²) in [7, 11) is 1.60. The fraction of sp³-hybridized carbons (Fsp3) is 0.250. The molecule has 0 spiro atoms. The monoisotopic (exact) mass is 285 g/mol. The molecule has 0 unspecified atom stereocenters. The second-order valence-corrected chi connectivity index (χ2v) is 4.93. The Morgan fingerprint density at radius 2 is 2.14 bits per heavy atom. The number of methoxy groups -OCH3 is 1. The Morgan fingerprint density at radius 1 is 1.38 bits per heavy atom. The van der Waals surface area contributed by atoms with Gasteiger partial charge in [-0.3, -0.25) is 9.89 Å². The van der Waals surface area contributed by atoms with Gasteiger partial charge in [-0.2, -0.15) is 5.10 Å². The zero-order valence-corrected chi connectivity index (χ0v) is 12.4. The van der Waals surface area contributed by atoms with Crippen molar-refractivity contribution in [1.29, 1.82) is 0 Å². The smallest absolute Gasteiger partial charge is 0.249 e. The minimum Gasteiger partial charge on any atom is -0.496 e. The summed E-state index contributed by atoms with van der Waals surface area (Å²) >= 11 is 0. The van der Waals surface area contributed by atoms with Gasteiger partial charge in [-0.05, 0) is 18.1 Å². The number of aromatic nitrogens is 2. The third kappa shape index (κ3) is 3.95. The number of para-hydroxylation sites is 1. The van der Waals surface area contributed by atoms with Gasteiger partial charge in [0.1, 0.15) is 5.75 Å². The van der Waals surface area contributed by atoms with E-state index in [9.17, 15) is 4.79 Å². The molecule has 1 heterocycles. The molecule has 2 N–H and O–H groups in total. The molecule has 110 valence electrons. The van der Waals surface area contributed by atoms with E-state index in [4.69, 9.17) is 4.74 Å². The lowest BCUT2D eigenvalue weighted by Crippen LogP contribution is -2.07. The van der Waals surface area contributed by atoms with Gasteiger partial charge in [-0.15, -0.1) is 0 Å². The first-order chi connectivity index (χ1) is 10.1. The van der Waals surface area contributed by atoms with Crippen LogP contribution in [0.15, 0.2) is 36.4 Å². The topological polar surface area (TPSA) is 67.0 Å². The minimum atomic E-state index is -0.234. The Kier molecular flexibility index (Phi) is 4.77. The van der Waals surface area contributed by atoms with E-state index in [0.717, 1.165) is 17.0 Å². The normalized spacial score (nSPS) is 11.0. The van der Waals surface area contributed by atoms with Crippen molar-refractivity contribution in [3.05, 3.63) is 47.7 Å². The van der Waals surface area contributed by atoms with Crippen molar-refractivity contribution in [3.8, 4) is 5.75 Å². The molecule has 5 heteroatoms. The van der Waals surface area contributed by atoms with E-state index >= 15 is 0 Å². The van der Waals surface area contributed by atoms with Crippen LogP contribution in [-0.4, -0.2) is 23.2 Å². The molecule has 2 aromatic rings. The molecule has 0 atom stereocenters. The largest absolute Gasteiger partial charge is 0.496 e. The first-order valence-corrected chi connectivity index (χ1v) is 6.77. The Labute approximate surface area is 124 Å². The highest BCUT2D eigenvalue weighted by Crippen LogP contribution is 2.19. The third-order valence-electron chi connectivity index (χ3n) is 3.02. The van der Waals surface area contributed by atoms with Crippen LogP contribution in [0, 0.1) is 0 Å². The van der Waals surface area contributed by atoms with Crippen molar-refractivity contribution in [2.75, 3.05) is 12.4 Å². The Bertz CT molecular complexity index is 644. The number of nitrogens with zero attached hydrogens (tertiary/aromatic N) is 1. The number of benzene rings is 1. The molecule has 1 aromatic heterocycles. The second kappa shape index (κ2) is 6.74. The van der Waals surface area contributed by atoms with E-state index in [2.05, 4.69) is 29.4 Å². The van der Waals surface area contributed by atoms with Gasteiger partial charge in [-0.1, -0.05) is 32.0 Å². The van der Waals surface area contributed by atoms with Gasteiger partial charge in [0.15, 0.2) is 5.82 Å². The summed E-state index contributed by atoms with van der Waals surface area (Å²) in [5, 5.41) is 9.66. The lowest BCUT2D eigenvalue weighted by atomic mass is 10.1. The molecule has 0 fully saturated rings. The summed E-state index contributed by atoms with van der Waals surface area (Å²) in [6.07, 6.45) is 3.17. The van der Waals surface area contributed by atoms with Crippen molar-refractivity contribution in [2.24, 2.45) is 0 Å². The number of ether oxygens (including phenoxy) is 1. The number of rotatable bonds is 5. The second-order valence-electron chi connectivity index (χ2n) is 4.93. The lowest BCUT2D eigenvalue weighted by molar-refractivity contribution is -0.111. The molecule has 0 aliphatic rings. The third-order valence-corrected chi connectivity index (χ3v) is 3.02. The maximum atomic E-state index is 11.9. The molecule has 21 heavy (non-hydrogen) atoms. The van der Waals surface area contributed by atoms with E-state index < -0.39 is 0 Å². The van der Waals surface area contributed by atoms with E-state index in [1.165, 1.54) is 6.08 Å². The van der Waals surface area contributed by atoms with Crippen LogP contribution in [0.25, 0.3) is 6.08 Å². The van der Waals surface area contributed by atoms with Crippen molar-refractivity contribution in [3.63, 3.8) is 0 Å². The summed E-state index contributed by atoms with van der Waals surface area (Å²) < 4.78 is 5.23. The first kappa shape index (κ1) is 14.8. The van der Waals surface area contributed by atoms with Gasteiger partial charge in [0.25, 0.3) is 0 Å². The van der Waals surface area contributed by atoms with Crippen LogP contribution in [0.1, 0.15) is 31.0 Å². The quantitative estimate of drug-likeness (QED) is 0.829. The molecule has 0 saturated heterocycles. The maximum Gasteiger partial charge on any atom is 0.249 e. The summed E-state index contributed by atoms with van der Waals surface area (Å²) in [5.74, 6) is 1.35. The van der Waals surface area contributed by atoms with E-state index in [-0.39, 0.29) is 5.91 Å². The fourth-order valence-electron chi connectivity index (χ4n) is 1.83. The van der Waals surface area contributed by atoms with Crippen LogP contribution in [0.3, 0.4) is 0 Å². The molecule has 0 aliphatic heterocycles. The number of hydrogen-bond acceptors (Lipinski definition) is 3. The molecular formula is C16H19N3O2. The molecule has 0 radical (unpaired) electrons. The van der Waals surface area contributed by atoms with Gasteiger partial charge < -0.3 is 10.1 Å². The van der Waals surface area contributed by atoms with E-state index in [1.807, 2.05) is 30.3 Å². The van der Waals surface area contributed by atoms with Crippen LogP contribution >= 0.6 is 0 Å².